The van der Waals surface area contributed by atoms with Crippen LogP contribution < -0.4 is 5.73 Å². The van der Waals surface area contributed by atoms with E-state index in [-0.39, 0.29) is 10.6 Å². The largest absolute Gasteiger partial charge is 0.396 e. The van der Waals surface area contributed by atoms with E-state index in [0.717, 1.165) is 5.41 Å². The molecule has 5 heteroatoms. The SMILES string of the molecule is C/C=C/S(=O)(=O)c1ccncc1N. The number of nitrogens with zero attached hydrogens (tertiary/aromatic N) is 1. The van der Waals surface area contributed by atoms with Gasteiger partial charge < -0.3 is 5.73 Å². The lowest BCUT2D eigenvalue weighted by Crippen LogP contribution is -2.01. The van der Waals surface area contributed by atoms with Gasteiger partial charge in [0, 0.05) is 11.6 Å². The number of pyridine rings is 1. The fraction of sp³-hybridized carbons (Fsp3) is 0.125. The number of hydrogen-bond acceptors (Lipinski definition) is 4. The van der Waals surface area contributed by atoms with Gasteiger partial charge in [0.25, 0.3) is 0 Å². The molecule has 0 atom stereocenters. The van der Waals surface area contributed by atoms with Crippen LogP contribution >= 0.6 is 0 Å². The summed E-state index contributed by atoms with van der Waals surface area (Å²) in [5.41, 5.74) is 5.63. The Bertz CT molecular complexity index is 424. The Morgan fingerprint density at radius 2 is 2.23 bits per heavy atom. The van der Waals surface area contributed by atoms with Gasteiger partial charge in [0.05, 0.1) is 16.8 Å². The van der Waals surface area contributed by atoms with Crippen molar-refractivity contribution in [3.63, 3.8) is 0 Å². The maximum absolute atomic E-state index is 11.5. The molecular formula is C8H10N2O2S. The van der Waals surface area contributed by atoms with Crippen LogP contribution in [0.1, 0.15) is 6.92 Å². The summed E-state index contributed by atoms with van der Waals surface area (Å²) in [4.78, 5) is 3.80. The zero-order chi connectivity index (χ0) is 9.90. The second kappa shape index (κ2) is 3.57. The van der Waals surface area contributed by atoms with E-state index in [9.17, 15) is 8.42 Å². The summed E-state index contributed by atoms with van der Waals surface area (Å²) in [6.45, 7) is 1.63. The van der Waals surface area contributed by atoms with E-state index in [1.807, 2.05) is 0 Å². The summed E-state index contributed by atoms with van der Waals surface area (Å²) in [5, 5.41) is 1.11. The van der Waals surface area contributed by atoms with Crippen LogP contribution in [0.5, 0.6) is 0 Å². The van der Waals surface area contributed by atoms with Gasteiger partial charge in [0.2, 0.25) is 9.84 Å². The van der Waals surface area contributed by atoms with Crippen LogP contribution in [0.25, 0.3) is 0 Å². The lowest BCUT2D eigenvalue weighted by atomic mass is 10.4. The minimum absolute atomic E-state index is 0.0978. The molecule has 0 fully saturated rings. The Labute approximate surface area is 77.0 Å². The highest BCUT2D eigenvalue weighted by Gasteiger charge is 2.12. The zero-order valence-corrected chi connectivity index (χ0v) is 7.95. The average molecular weight is 198 g/mol. The number of aromatic nitrogens is 1. The summed E-state index contributed by atoms with van der Waals surface area (Å²) in [6, 6.07) is 1.38. The number of allylic oxidation sites excluding steroid dienone is 1. The van der Waals surface area contributed by atoms with Crippen molar-refractivity contribution >= 4 is 15.5 Å². The van der Waals surface area contributed by atoms with Crippen molar-refractivity contribution in [1.82, 2.24) is 4.98 Å². The van der Waals surface area contributed by atoms with E-state index in [1.165, 1.54) is 24.5 Å². The van der Waals surface area contributed by atoms with Gasteiger partial charge in [-0.1, -0.05) is 6.08 Å². The third kappa shape index (κ3) is 2.06. The van der Waals surface area contributed by atoms with Crippen LogP contribution in [0.15, 0.2) is 34.8 Å². The first-order valence-corrected chi connectivity index (χ1v) is 5.20. The van der Waals surface area contributed by atoms with E-state index < -0.39 is 9.84 Å². The first-order chi connectivity index (χ1) is 6.08. The van der Waals surface area contributed by atoms with Crippen molar-refractivity contribution in [3.05, 3.63) is 29.9 Å². The van der Waals surface area contributed by atoms with E-state index in [2.05, 4.69) is 4.98 Å². The molecule has 0 saturated heterocycles. The van der Waals surface area contributed by atoms with Gasteiger partial charge in [-0.3, -0.25) is 4.98 Å². The van der Waals surface area contributed by atoms with Gasteiger partial charge in [-0.2, -0.15) is 0 Å². The standard InChI is InChI=1S/C8H10N2O2S/c1-2-5-13(11,12)8-3-4-10-6-7(8)9/h2-6H,9H2,1H3/b5-2+. The Hall–Kier alpha value is -1.36. The highest BCUT2D eigenvalue weighted by Crippen LogP contribution is 2.17. The molecule has 13 heavy (non-hydrogen) atoms. The van der Waals surface area contributed by atoms with E-state index >= 15 is 0 Å². The monoisotopic (exact) mass is 198 g/mol. The smallest absolute Gasteiger partial charge is 0.201 e. The molecular weight excluding hydrogens is 188 g/mol. The molecule has 0 aromatic carbocycles. The number of nitrogens with two attached hydrogens (primary N) is 1. The molecule has 0 unspecified atom stereocenters. The number of rotatable bonds is 2. The molecule has 0 bridgehead atoms. The molecule has 0 aliphatic carbocycles. The van der Waals surface area contributed by atoms with Crippen molar-refractivity contribution in [3.8, 4) is 0 Å². The van der Waals surface area contributed by atoms with Crippen molar-refractivity contribution in [2.75, 3.05) is 5.73 Å². The molecule has 0 radical (unpaired) electrons. The molecule has 0 amide bonds. The molecule has 1 aromatic rings. The normalized spacial score (nSPS) is 12.1. The van der Waals surface area contributed by atoms with Crippen LogP contribution in [-0.2, 0) is 9.84 Å². The first kappa shape index (κ1) is 9.73. The third-order valence-electron chi connectivity index (χ3n) is 1.43. The highest BCUT2D eigenvalue weighted by atomic mass is 32.2. The topological polar surface area (TPSA) is 73.0 Å². The molecule has 0 saturated carbocycles. The second-order valence-electron chi connectivity index (χ2n) is 2.43. The maximum atomic E-state index is 11.5. The Morgan fingerprint density at radius 1 is 1.54 bits per heavy atom. The van der Waals surface area contributed by atoms with Crippen LogP contribution in [-0.4, -0.2) is 13.4 Å². The van der Waals surface area contributed by atoms with Crippen molar-refractivity contribution < 1.29 is 8.42 Å². The van der Waals surface area contributed by atoms with Crippen LogP contribution in [0.4, 0.5) is 5.69 Å². The van der Waals surface area contributed by atoms with Crippen LogP contribution in [0, 0.1) is 0 Å². The summed E-state index contributed by atoms with van der Waals surface area (Å²) < 4.78 is 22.9. The lowest BCUT2D eigenvalue weighted by Gasteiger charge is -2.01. The lowest BCUT2D eigenvalue weighted by molar-refractivity contribution is 0.605. The Kier molecular flexibility index (Phi) is 2.67. The fourth-order valence-electron chi connectivity index (χ4n) is 0.905. The second-order valence-corrected chi connectivity index (χ2v) is 4.23. The minimum Gasteiger partial charge on any atom is -0.396 e. The summed E-state index contributed by atoms with van der Waals surface area (Å²) in [6.07, 6.45) is 4.17. The number of anilines is 1. The molecule has 1 heterocycles. The summed E-state index contributed by atoms with van der Waals surface area (Å²) >= 11 is 0. The van der Waals surface area contributed by atoms with Crippen LogP contribution in [0.3, 0.4) is 0 Å². The van der Waals surface area contributed by atoms with E-state index in [1.54, 1.807) is 6.92 Å². The summed E-state index contributed by atoms with van der Waals surface area (Å²) in [5.74, 6) is 0. The predicted octanol–water partition coefficient (Wildman–Crippen LogP) is 0.971. The molecule has 0 aliphatic rings. The highest BCUT2D eigenvalue weighted by molar-refractivity contribution is 7.94. The van der Waals surface area contributed by atoms with E-state index in [0.29, 0.717) is 0 Å². The van der Waals surface area contributed by atoms with Crippen molar-refractivity contribution in [2.45, 2.75) is 11.8 Å². The van der Waals surface area contributed by atoms with Gasteiger partial charge in [-0.05, 0) is 13.0 Å². The molecule has 0 aliphatic heterocycles. The molecule has 0 spiro atoms. The Balaban J connectivity index is 3.31. The van der Waals surface area contributed by atoms with Crippen molar-refractivity contribution in [2.24, 2.45) is 0 Å². The summed E-state index contributed by atoms with van der Waals surface area (Å²) in [7, 11) is -3.39. The quantitative estimate of drug-likeness (QED) is 0.768. The molecule has 4 nitrogen and oxygen atoms in total. The molecule has 70 valence electrons. The molecule has 1 rings (SSSR count). The molecule has 2 N–H and O–H groups in total. The van der Waals surface area contributed by atoms with Gasteiger partial charge in [0.1, 0.15) is 0 Å². The van der Waals surface area contributed by atoms with Crippen molar-refractivity contribution in [1.29, 1.82) is 0 Å². The van der Waals surface area contributed by atoms with Gasteiger partial charge in [-0.25, -0.2) is 8.42 Å². The maximum Gasteiger partial charge on any atom is 0.201 e. The van der Waals surface area contributed by atoms with Gasteiger partial charge in [-0.15, -0.1) is 0 Å². The Morgan fingerprint density at radius 3 is 2.77 bits per heavy atom. The van der Waals surface area contributed by atoms with Crippen LogP contribution in [0.2, 0.25) is 0 Å². The van der Waals surface area contributed by atoms with Gasteiger partial charge in [0.15, 0.2) is 0 Å². The number of nitrogen functional groups attached to an aromatic ring is 1. The van der Waals surface area contributed by atoms with E-state index in [4.69, 9.17) is 5.73 Å². The fourth-order valence-corrected chi connectivity index (χ4v) is 2.04. The number of hydrogen-bond donors (Lipinski definition) is 1. The average Bonchev–Trinajstić information content (AvgIpc) is 2.04. The number of sulfone groups is 1. The predicted molar refractivity (Wildman–Crippen MR) is 50.6 cm³/mol. The third-order valence-corrected chi connectivity index (χ3v) is 3.05. The zero-order valence-electron chi connectivity index (χ0n) is 7.14. The minimum atomic E-state index is -3.39. The molecule has 1 aromatic heterocycles. The first-order valence-electron chi connectivity index (χ1n) is 3.65. The van der Waals surface area contributed by atoms with Gasteiger partial charge >= 0.3 is 0 Å².